The molecule has 0 unspecified atom stereocenters. The number of amides is 1. The third-order valence-corrected chi connectivity index (χ3v) is 7.77. The zero-order chi connectivity index (χ0) is 18.4. The average molecular weight is 369 g/mol. The topological polar surface area (TPSA) is 32.8 Å². The summed E-state index contributed by atoms with van der Waals surface area (Å²) in [5.74, 6) is 3.10. The number of fused-ring (bicyclic) bond motifs is 2. The van der Waals surface area contributed by atoms with Crippen LogP contribution in [0.4, 0.5) is 0 Å². The Morgan fingerprint density at radius 1 is 1.11 bits per heavy atom. The molecule has 146 valence electrons. The molecule has 0 radical (unpaired) electrons. The molecule has 27 heavy (non-hydrogen) atoms. The molecule has 0 spiro atoms. The molecule has 4 aliphatic heterocycles. The van der Waals surface area contributed by atoms with Gasteiger partial charge in [0.15, 0.2) is 0 Å². The van der Waals surface area contributed by atoms with Gasteiger partial charge in [0.05, 0.1) is 13.2 Å². The Morgan fingerprint density at radius 2 is 1.89 bits per heavy atom. The number of carbonyl (C=O) groups excluding carboxylic acids is 1. The van der Waals surface area contributed by atoms with E-state index in [1.165, 1.54) is 57.2 Å². The molecule has 1 aromatic carbocycles. The van der Waals surface area contributed by atoms with E-state index in [0.29, 0.717) is 35.7 Å². The quantitative estimate of drug-likeness (QED) is 0.813. The van der Waals surface area contributed by atoms with Crippen LogP contribution in [0.2, 0.25) is 0 Å². The Morgan fingerprint density at radius 3 is 2.63 bits per heavy atom. The van der Waals surface area contributed by atoms with Crippen molar-refractivity contribution in [1.82, 2.24) is 9.80 Å². The molecule has 4 heteroatoms. The Labute approximate surface area is 162 Å². The molecule has 5 aliphatic rings. The predicted molar refractivity (Wildman–Crippen MR) is 106 cm³/mol. The van der Waals surface area contributed by atoms with E-state index in [2.05, 4.69) is 28.0 Å². The van der Waals surface area contributed by atoms with Crippen LogP contribution in [0.3, 0.4) is 0 Å². The van der Waals surface area contributed by atoms with E-state index < -0.39 is 0 Å². The molecular weight excluding hydrogens is 336 g/mol. The summed E-state index contributed by atoms with van der Waals surface area (Å²) >= 11 is 0. The summed E-state index contributed by atoms with van der Waals surface area (Å²) in [5.41, 5.74) is 1.34. The van der Waals surface area contributed by atoms with E-state index in [-0.39, 0.29) is 0 Å². The van der Waals surface area contributed by atoms with E-state index in [1.807, 2.05) is 6.07 Å². The highest BCUT2D eigenvalue weighted by molar-refractivity contribution is 5.77. The fourth-order valence-electron chi connectivity index (χ4n) is 6.45. The van der Waals surface area contributed by atoms with Crippen LogP contribution in [0.5, 0.6) is 5.75 Å². The Balaban J connectivity index is 1.43. The van der Waals surface area contributed by atoms with Crippen molar-refractivity contribution in [3.63, 3.8) is 0 Å². The molecule has 6 rings (SSSR count). The molecule has 4 nitrogen and oxygen atoms in total. The maximum absolute atomic E-state index is 13.3. The fourth-order valence-corrected chi connectivity index (χ4v) is 6.45. The van der Waals surface area contributed by atoms with Crippen molar-refractivity contribution >= 4 is 5.91 Å². The van der Waals surface area contributed by atoms with Crippen LogP contribution < -0.4 is 4.74 Å². The molecule has 1 amide bonds. The van der Waals surface area contributed by atoms with Crippen molar-refractivity contribution in [2.45, 2.75) is 62.9 Å². The summed E-state index contributed by atoms with van der Waals surface area (Å²) < 4.78 is 5.48. The number of rotatable bonds is 4. The molecule has 2 bridgehead atoms. The van der Waals surface area contributed by atoms with Crippen molar-refractivity contribution < 1.29 is 9.53 Å². The molecule has 5 fully saturated rings. The lowest BCUT2D eigenvalue weighted by molar-refractivity contribution is -0.137. The van der Waals surface area contributed by atoms with E-state index in [9.17, 15) is 4.79 Å². The van der Waals surface area contributed by atoms with Gasteiger partial charge in [0.1, 0.15) is 5.75 Å². The lowest BCUT2D eigenvalue weighted by atomic mass is 9.75. The van der Waals surface area contributed by atoms with Crippen LogP contribution in [0.15, 0.2) is 24.3 Å². The first-order chi connectivity index (χ1) is 13.2. The smallest absolute Gasteiger partial charge is 0.223 e. The summed E-state index contributed by atoms with van der Waals surface area (Å²) in [7, 11) is 1.74. The zero-order valence-corrected chi connectivity index (χ0v) is 16.5. The van der Waals surface area contributed by atoms with Gasteiger partial charge in [-0.3, -0.25) is 9.69 Å². The van der Waals surface area contributed by atoms with Crippen molar-refractivity contribution in [3.05, 3.63) is 29.8 Å². The summed E-state index contributed by atoms with van der Waals surface area (Å²) in [5, 5.41) is 0. The first kappa shape index (κ1) is 17.5. The lowest BCUT2D eigenvalue weighted by Crippen LogP contribution is -2.60. The van der Waals surface area contributed by atoms with E-state index in [4.69, 9.17) is 4.74 Å². The van der Waals surface area contributed by atoms with Crippen molar-refractivity contribution in [1.29, 1.82) is 0 Å². The molecule has 3 atom stereocenters. The van der Waals surface area contributed by atoms with Crippen LogP contribution in [0.25, 0.3) is 0 Å². The van der Waals surface area contributed by atoms with Crippen molar-refractivity contribution in [2.24, 2.45) is 11.8 Å². The number of carbonyl (C=O) groups is 1. The molecule has 4 saturated heterocycles. The van der Waals surface area contributed by atoms with Crippen LogP contribution in [-0.4, -0.2) is 54.5 Å². The first-order valence-corrected chi connectivity index (χ1v) is 10.9. The van der Waals surface area contributed by atoms with Gasteiger partial charge >= 0.3 is 0 Å². The van der Waals surface area contributed by atoms with Gasteiger partial charge < -0.3 is 9.64 Å². The molecule has 1 aliphatic carbocycles. The van der Waals surface area contributed by atoms with Gasteiger partial charge in [-0.1, -0.05) is 25.0 Å². The highest BCUT2D eigenvalue weighted by atomic mass is 16.5. The number of piperidine rings is 3. The molecule has 4 heterocycles. The zero-order valence-electron chi connectivity index (χ0n) is 16.5. The second-order valence-corrected chi connectivity index (χ2v) is 9.14. The van der Waals surface area contributed by atoms with Gasteiger partial charge in [-0.15, -0.1) is 0 Å². The van der Waals surface area contributed by atoms with Crippen molar-refractivity contribution in [3.8, 4) is 5.75 Å². The SMILES string of the molecule is COc1cccc([C@@H]2CN(C(=O)CC3CCCC3)[C@H]3C4CCN(CC4)[C@@H]23)c1. The van der Waals surface area contributed by atoms with Crippen LogP contribution in [0, 0.1) is 11.8 Å². The average Bonchev–Trinajstić information content (AvgIpc) is 3.37. The summed E-state index contributed by atoms with van der Waals surface area (Å²) in [6.07, 6.45) is 8.43. The summed E-state index contributed by atoms with van der Waals surface area (Å²) in [6.45, 7) is 3.30. The molecular formula is C23H32N2O2. The lowest BCUT2D eigenvalue weighted by Gasteiger charge is -2.51. The number of hydrogen-bond donors (Lipinski definition) is 0. The van der Waals surface area contributed by atoms with E-state index in [0.717, 1.165) is 18.7 Å². The highest BCUT2D eigenvalue weighted by Crippen LogP contribution is 2.47. The van der Waals surface area contributed by atoms with Gasteiger partial charge in [-0.2, -0.15) is 0 Å². The minimum absolute atomic E-state index is 0.417. The predicted octanol–water partition coefficient (Wildman–Crippen LogP) is 3.66. The Kier molecular flexibility index (Phi) is 4.63. The van der Waals surface area contributed by atoms with Crippen molar-refractivity contribution in [2.75, 3.05) is 26.7 Å². The number of benzene rings is 1. The number of hydrogen-bond acceptors (Lipinski definition) is 3. The van der Waals surface area contributed by atoms with Gasteiger partial charge in [0.25, 0.3) is 0 Å². The normalized spacial score (nSPS) is 35.4. The number of ether oxygens (including phenoxy) is 1. The summed E-state index contributed by atoms with van der Waals surface area (Å²) in [6, 6.07) is 9.47. The van der Waals surface area contributed by atoms with Gasteiger partial charge in [0, 0.05) is 24.9 Å². The minimum Gasteiger partial charge on any atom is -0.497 e. The number of nitrogens with zero attached hydrogens (tertiary/aromatic N) is 2. The largest absolute Gasteiger partial charge is 0.497 e. The Bertz CT molecular complexity index is 691. The van der Waals surface area contributed by atoms with Crippen LogP contribution >= 0.6 is 0 Å². The third kappa shape index (κ3) is 3.06. The second-order valence-electron chi connectivity index (χ2n) is 9.14. The molecule has 1 aromatic rings. The summed E-state index contributed by atoms with van der Waals surface area (Å²) in [4.78, 5) is 18.3. The van der Waals surface area contributed by atoms with Crippen LogP contribution in [0.1, 0.15) is 56.4 Å². The Hall–Kier alpha value is -1.55. The van der Waals surface area contributed by atoms with E-state index >= 15 is 0 Å². The van der Waals surface area contributed by atoms with Gasteiger partial charge in [0.2, 0.25) is 5.91 Å². The maximum Gasteiger partial charge on any atom is 0.223 e. The minimum atomic E-state index is 0.417. The first-order valence-electron chi connectivity index (χ1n) is 10.9. The molecule has 1 saturated carbocycles. The standard InChI is InChI=1S/C23H32N2O2/c1-27-19-8-4-7-18(14-19)20-15-25(21(26)13-16-5-2-3-6-16)22-17-9-11-24(12-10-17)23(20)22/h4,7-8,14,16-17,20,22-23H,2-3,5-6,9-13,15H2,1H3/t20-,22-,23-/m0/s1. The number of likely N-dealkylation sites (tertiary alicyclic amines) is 1. The van der Waals surface area contributed by atoms with Crippen LogP contribution in [-0.2, 0) is 4.79 Å². The fraction of sp³-hybridized carbons (Fsp3) is 0.696. The van der Waals surface area contributed by atoms with E-state index in [1.54, 1.807) is 7.11 Å². The molecule has 0 aromatic heterocycles. The van der Waals surface area contributed by atoms with Gasteiger partial charge in [-0.05, 0) is 68.3 Å². The number of methoxy groups -OCH3 is 1. The monoisotopic (exact) mass is 368 g/mol. The third-order valence-electron chi connectivity index (χ3n) is 7.77. The van der Waals surface area contributed by atoms with Gasteiger partial charge in [-0.25, -0.2) is 0 Å². The highest BCUT2D eigenvalue weighted by Gasteiger charge is 2.54. The second kappa shape index (κ2) is 7.12. The maximum atomic E-state index is 13.3. The molecule has 0 N–H and O–H groups in total.